The lowest BCUT2D eigenvalue weighted by Gasteiger charge is -2.38. The van der Waals surface area contributed by atoms with E-state index in [0.717, 1.165) is 59.5 Å². The normalized spacial score (nSPS) is 16.2. The summed E-state index contributed by atoms with van der Waals surface area (Å²) in [5.74, 6) is 0.479. The minimum atomic E-state index is -0.0517. The summed E-state index contributed by atoms with van der Waals surface area (Å²) >= 11 is 0. The highest BCUT2D eigenvalue weighted by Crippen LogP contribution is 2.34. The average molecular weight is 419 g/mol. The predicted octanol–water partition coefficient (Wildman–Crippen LogP) is 3.05. The fourth-order valence-corrected chi connectivity index (χ4v) is 4.07. The van der Waals surface area contributed by atoms with Crippen molar-refractivity contribution >= 4 is 34.0 Å². The number of fused-ring (bicyclic) bond motifs is 2. The quantitative estimate of drug-likeness (QED) is 0.546. The molecule has 0 unspecified atom stereocenters. The van der Waals surface area contributed by atoms with Crippen LogP contribution in [0.2, 0.25) is 0 Å². The van der Waals surface area contributed by atoms with E-state index >= 15 is 0 Å². The van der Waals surface area contributed by atoms with Crippen LogP contribution in [-0.4, -0.2) is 42.2 Å². The van der Waals surface area contributed by atoms with E-state index in [1.165, 1.54) is 6.33 Å². The fourth-order valence-electron chi connectivity index (χ4n) is 4.07. The largest absolute Gasteiger partial charge is 0.370 e. The Hall–Kier alpha value is -3.49. The van der Waals surface area contributed by atoms with E-state index in [-0.39, 0.29) is 5.56 Å². The molecular weight excluding hydrogens is 392 g/mol. The van der Waals surface area contributed by atoms with Gasteiger partial charge in [-0.3, -0.25) is 4.79 Å². The second kappa shape index (κ2) is 7.04. The van der Waals surface area contributed by atoms with Crippen molar-refractivity contribution < 1.29 is 0 Å². The number of aromatic nitrogens is 6. The van der Waals surface area contributed by atoms with Gasteiger partial charge in [0.05, 0.1) is 29.3 Å². The number of nitrogens with one attached hydrogen (secondary N) is 1. The van der Waals surface area contributed by atoms with Crippen LogP contribution in [0.3, 0.4) is 0 Å². The topological polar surface area (TPSA) is 93.2 Å². The molecule has 4 aromatic rings. The van der Waals surface area contributed by atoms with Crippen molar-refractivity contribution in [3.8, 4) is 0 Å². The average Bonchev–Trinajstić information content (AvgIpc) is 3.18. The first-order valence-corrected chi connectivity index (χ1v) is 10.5. The van der Waals surface area contributed by atoms with Crippen LogP contribution >= 0.6 is 0 Å². The van der Waals surface area contributed by atoms with Crippen LogP contribution < -0.4 is 15.8 Å². The van der Waals surface area contributed by atoms with Crippen molar-refractivity contribution in [3.63, 3.8) is 0 Å². The highest BCUT2D eigenvalue weighted by Gasteiger charge is 2.27. The van der Waals surface area contributed by atoms with E-state index in [1.807, 2.05) is 19.2 Å². The highest BCUT2D eigenvalue weighted by molar-refractivity contribution is 5.88. The van der Waals surface area contributed by atoms with Gasteiger partial charge in [-0.1, -0.05) is 13.8 Å². The van der Waals surface area contributed by atoms with E-state index in [9.17, 15) is 4.79 Å². The maximum Gasteiger partial charge on any atom is 0.252 e. The molecule has 4 aromatic heterocycles. The number of aryl methyl sites for hydroxylation is 2. The third-order valence-corrected chi connectivity index (χ3v) is 6.29. The molecule has 1 saturated heterocycles. The molecule has 160 valence electrons. The first-order chi connectivity index (χ1) is 14.8. The van der Waals surface area contributed by atoms with Crippen molar-refractivity contribution in [2.45, 2.75) is 33.6 Å². The van der Waals surface area contributed by atoms with Crippen molar-refractivity contribution in [1.82, 2.24) is 29.1 Å². The van der Waals surface area contributed by atoms with Crippen LogP contribution in [0.1, 0.15) is 32.3 Å². The molecule has 9 nitrogen and oxygen atoms in total. The Kier molecular flexibility index (Phi) is 4.42. The van der Waals surface area contributed by atoms with Crippen LogP contribution in [-0.2, 0) is 7.05 Å². The molecule has 0 aromatic carbocycles. The standard InChI is InChI=1S/C22H26N8O/c1-14-9-18-24-13-25-30(18)12-15(14)26-21-23-11-17-20(27-21)16(10-19(31)28(17)4)29-7-5-22(2,3)6-8-29/h9-13H,5-8H2,1-4H3,(H,23,26,27). The van der Waals surface area contributed by atoms with E-state index < -0.39 is 0 Å². The summed E-state index contributed by atoms with van der Waals surface area (Å²) in [6.45, 7) is 8.41. The van der Waals surface area contributed by atoms with Gasteiger partial charge in [0, 0.05) is 26.2 Å². The van der Waals surface area contributed by atoms with Crippen LogP contribution in [0.25, 0.3) is 16.7 Å². The van der Waals surface area contributed by atoms with Crippen molar-refractivity contribution in [1.29, 1.82) is 0 Å². The molecule has 0 amide bonds. The van der Waals surface area contributed by atoms with Gasteiger partial charge < -0.3 is 14.8 Å². The van der Waals surface area contributed by atoms with Gasteiger partial charge in [-0.2, -0.15) is 5.10 Å². The van der Waals surface area contributed by atoms with Gasteiger partial charge in [0.15, 0.2) is 5.65 Å². The number of hydrogen-bond donors (Lipinski definition) is 1. The SMILES string of the molecule is Cc1cc2ncnn2cc1Nc1ncc2c(n1)c(N1CCC(C)(C)CC1)cc(=O)n2C. The fraction of sp³-hybridized carbons (Fsp3) is 0.409. The van der Waals surface area contributed by atoms with Gasteiger partial charge >= 0.3 is 0 Å². The van der Waals surface area contributed by atoms with Gasteiger partial charge in [-0.25, -0.2) is 19.5 Å². The summed E-state index contributed by atoms with van der Waals surface area (Å²) in [7, 11) is 1.76. The molecule has 0 spiro atoms. The number of anilines is 3. The third-order valence-electron chi connectivity index (χ3n) is 6.29. The number of rotatable bonds is 3. The summed E-state index contributed by atoms with van der Waals surface area (Å²) in [4.78, 5) is 28.4. The van der Waals surface area contributed by atoms with E-state index in [1.54, 1.807) is 28.4 Å². The van der Waals surface area contributed by atoms with Crippen LogP contribution in [0, 0.1) is 12.3 Å². The molecule has 9 heteroatoms. The first-order valence-electron chi connectivity index (χ1n) is 10.5. The summed E-state index contributed by atoms with van der Waals surface area (Å²) in [6.07, 6.45) is 7.28. The number of piperidine rings is 1. The maximum atomic E-state index is 12.6. The second-order valence-corrected chi connectivity index (χ2v) is 9.06. The summed E-state index contributed by atoms with van der Waals surface area (Å²) in [6, 6.07) is 3.66. The minimum Gasteiger partial charge on any atom is -0.370 e. The van der Waals surface area contributed by atoms with E-state index in [2.05, 4.69) is 39.1 Å². The van der Waals surface area contributed by atoms with Gasteiger partial charge in [-0.05, 0) is 36.8 Å². The first kappa shape index (κ1) is 19.5. The molecule has 0 radical (unpaired) electrons. The zero-order valence-corrected chi connectivity index (χ0v) is 18.3. The van der Waals surface area contributed by atoms with E-state index in [0.29, 0.717) is 11.4 Å². The smallest absolute Gasteiger partial charge is 0.252 e. The lowest BCUT2D eigenvalue weighted by molar-refractivity contribution is 0.280. The Morgan fingerprint density at radius 1 is 1.13 bits per heavy atom. The molecular formula is C22H26N8O. The molecule has 1 fully saturated rings. The summed E-state index contributed by atoms with van der Waals surface area (Å²) < 4.78 is 3.31. The Morgan fingerprint density at radius 3 is 2.68 bits per heavy atom. The molecule has 0 bridgehead atoms. The van der Waals surface area contributed by atoms with Gasteiger partial charge in [-0.15, -0.1) is 0 Å². The molecule has 31 heavy (non-hydrogen) atoms. The van der Waals surface area contributed by atoms with Crippen molar-refractivity contribution in [2.24, 2.45) is 12.5 Å². The highest BCUT2D eigenvalue weighted by atomic mass is 16.1. The molecule has 0 saturated carbocycles. The lowest BCUT2D eigenvalue weighted by atomic mass is 9.82. The molecule has 5 heterocycles. The Morgan fingerprint density at radius 2 is 1.90 bits per heavy atom. The molecule has 5 rings (SSSR count). The van der Waals surface area contributed by atoms with Gasteiger partial charge in [0.25, 0.3) is 5.56 Å². The summed E-state index contributed by atoms with van der Waals surface area (Å²) in [5.41, 5.74) is 5.30. The molecule has 1 aliphatic rings. The van der Waals surface area contributed by atoms with Crippen LogP contribution in [0.5, 0.6) is 0 Å². The number of nitrogens with zero attached hydrogens (tertiary/aromatic N) is 7. The van der Waals surface area contributed by atoms with Crippen LogP contribution in [0.15, 0.2) is 35.6 Å². The molecule has 1 aliphatic heterocycles. The maximum absolute atomic E-state index is 12.6. The second-order valence-electron chi connectivity index (χ2n) is 9.06. The molecule has 0 atom stereocenters. The monoisotopic (exact) mass is 418 g/mol. The summed E-state index contributed by atoms with van der Waals surface area (Å²) in [5, 5.41) is 7.51. The lowest BCUT2D eigenvalue weighted by Crippen LogP contribution is -2.38. The van der Waals surface area contributed by atoms with Crippen molar-refractivity contribution in [2.75, 3.05) is 23.3 Å². The predicted molar refractivity (Wildman–Crippen MR) is 121 cm³/mol. The molecule has 1 N–H and O–H groups in total. The van der Waals surface area contributed by atoms with Gasteiger partial charge in [0.1, 0.15) is 11.8 Å². The van der Waals surface area contributed by atoms with Crippen molar-refractivity contribution in [3.05, 3.63) is 46.8 Å². The van der Waals surface area contributed by atoms with E-state index in [4.69, 9.17) is 4.98 Å². The zero-order chi connectivity index (χ0) is 21.8. The third kappa shape index (κ3) is 3.49. The number of hydrogen-bond acceptors (Lipinski definition) is 7. The molecule has 0 aliphatic carbocycles. The Labute approximate surface area is 179 Å². The van der Waals surface area contributed by atoms with Crippen LogP contribution in [0.4, 0.5) is 17.3 Å². The Balaban J connectivity index is 1.57. The Bertz CT molecular complexity index is 1340. The van der Waals surface area contributed by atoms with Gasteiger partial charge in [0.2, 0.25) is 5.95 Å². The number of pyridine rings is 2. The minimum absolute atomic E-state index is 0.0517. The zero-order valence-electron chi connectivity index (χ0n) is 18.3.